The normalized spacial score (nSPS) is 10.2. The van der Waals surface area contributed by atoms with Crippen molar-refractivity contribution < 1.29 is 24.3 Å². The summed E-state index contributed by atoms with van der Waals surface area (Å²) in [5.41, 5.74) is 0.347. The van der Waals surface area contributed by atoms with Crippen molar-refractivity contribution in [3.05, 3.63) is 18.2 Å². The van der Waals surface area contributed by atoms with Gasteiger partial charge < -0.3 is 24.3 Å². The van der Waals surface area contributed by atoms with Crippen LogP contribution >= 0.6 is 0 Å². The van der Waals surface area contributed by atoms with Crippen LogP contribution in [0.5, 0.6) is 11.5 Å². The fourth-order valence-electron chi connectivity index (χ4n) is 1.38. The van der Waals surface area contributed by atoms with Crippen molar-refractivity contribution in [3.8, 4) is 11.5 Å². The molecule has 100 valence electrons. The van der Waals surface area contributed by atoms with Gasteiger partial charge in [0.1, 0.15) is 0 Å². The second kappa shape index (κ2) is 7.97. The van der Waals surface area contributed by atoms with E-state index in [4.69, 9.17) is 24.3 Å². The van der Waals surface area contributed by atoms with Crippen molar-refractivity contribution >= 4 is 12.6 Å². The molecule has 0 aromatic heterocycles. The van der Waals surface area contributed by atoms with E-state index in [1.165, 1.54) is 13.2 Å². The van der Waals surface area contributed by atoms with Gasteiger partial charge in [0.15, 0.2) is 18.3 Å². The third-order valence-electron chi connectivity index (χ3n) is 2.43. The summed E-state index contributed by atoms with van der Waals surface area (Å²) in [6, 6.07) is 4.71. The minimum absolute atomic E-state index is 0.112. The summed E-state index contributed by atoms with van der Waals surface area (Å²) in [6.45, 7) is 2.84. The van der Waals surface area contributed by atoms with Crippen molar-refractivity contribution in [2.75, 3.05) is 20.5 Å². The number of rotatable bonds is 8. The summed E-state index contributed by atoms with van der Waals surface area (Å²) in [5.74, 6) is 0.957. The number of benzene rings is 1. The Morgan fingerprint density at radius 3 is 2.61 bits per heavy atom. The summed E-state index contributed by atoms with van der Waals surface area (Å²) in [7, 11) is -0.00546. The topological polar surface area (TPSA) is 68.2 Å². The van der Waals surface area contributed by atoms with Gasteiger partial charge in [-0.25, -0.2) is 0 Å². The quantitative estimate of drug-likeness (QED) is 0.402. The molecule has 0 heterocycles. The smallest absolute Gasteiger partial charge is 0.488 e. The molecule has 0 aliphatic carbocycles. The Labute approximate surface area is 107 Å². The molecule has 0 aliphatic rings. The Hall–Kier alpha value is -1.24. The van der Waals surface area contributed by atoms with Crippen molar-refractivity contribution in [2.24, 2.45) is 0 Å². The van der Waals surface area contributed by atoms with Crippen LogP contribution in [-0.2, 0) is 4.74 Å². The van der Waals surface area contributed by atoms with Crippen LogP contribution in [0.2, 0.25) is 0 Å². The molecule has 5 nitrogen and oxygen atoms in total. The summed E-state index contributed by atoms with van der Waals surface area (Å²) in [6.07, 6.45) is 2.05. The van der Waals surface area contributed by atoms with Gasteiger partial charge >= 0.3 is 7.12 Å². The van der Waals surface area contributed by atoms with Crippen LogP contribution in [0.15, 0.2) is 18.2 Å². The standard InChI is InChI=1S/C12H19BO5/c1-3-4-7-17-9-18-12-8-10(13(14)15)5-6-11(12)16-2/h5-6,8,14-15H,3-4,7,9H2,1-2H3. The molecule has 0 aliphatic heterocycles. The van der Waals surface area contributed by atoms with E-state index in [0.29, 0.717) is 23.6 Å². The lowest BCUT2D eigenvalue weighted by atomic mass is 9.80. The fourth-order valence-corrected chi connectivity index (χ4v) is 1.38. The van der Waals surface area contributed by atoms with E-state index in [1.807, 2.05) is 0 Å². The molecule has 2 N–H and O–H groups in total. The second-order valence-corrected chi connectivity index (χ2v) is 3.81. The molecule has 1 aromatic rings. The van der Waals surface area contributed by atoms with Crippen LogP contribution in [0.1, 0.15) is 19.8 Å². The molecule has 0 unspecified atom stereocenters. The molecule has 0 radical (unpaired) electrons. The lowest BCUT2D eigenvalue weighted by Crippen LogP contribution is -2.29. The first-order valence-corrected chi connectivity index (χ1v) is 5.93. The lowest BCUT2D eigenvalue weighted by Gasteiger charge is -2.12. The maximum Gasteiger partial charge on any atom is 0.488 e. The number of hydrogen-bond donors (Lipinski definition) is 2. The monoisotopic (exact) mass is 254 g/mol. The van der Waals surface area contributed by atoms with E-state index in [9.17, 15) is 0 Å². The maximum atomic E-state index is 9.08. The van der Waals surface area contributed by atoms with Gasteiger partial charge in [-0.05, 0) is 24.0 Å². The Morgan fingerprint density at radius 1 is 1.22 bits per heavy atom. The molecule has 1 aromatic carbocycles. The lowest BCUT2D eigenvalue weighted by molar-refractivity contribution is 0.0127. The van der Waals surface area contributed by atoms with Gasteiger partial charge in [-0.3, -0.25) is 0 Å². The highest BCUT2D eigenvalue weighted by Crippen LogP contribution is 2.25. The molecule has 0 atom stereocenters. The van der Waals surface area contributed by atoms with Gasteiger partial charge in [0.25, 0.3) is 0 Å². The van der Waals surface area contributed by atoms with E-state index >= 15 is 0 Å². The summed E-state index contributed by atoms with van der Waals surface area (Å²) in [5, 5.41) is 18.2. The molecule has 0 amide bonds. The second-order valence-electron chi connectivity index (χ2n) is 3.81. The summed E-state index contributed by atoms with van der Waals surface area (Å²) in [4.78, 5) is 0. The highest BCUT2D eigenvalue weighted by Gasteiger charge is 2.14. The number of unbranched alkanes of at least 4 members (excludes halogenated alkanes) is 1. The first-order chi connectivity index (χ1) is 8.69. The zero-order valence-electron chi connectivity index (χ0n) is 10.8. The highest BCUT2D eigenvalue weighted by molar-refractivity contribution is 6.58. The third-order valence-corrected chi connectivity index (χ3v) is 2.43. The minimum atomic E-state index is -1.53. The third kappa shape index (κ3) is 4.56. The first-order valence-electron chi connectivity index (χ1n) is 5.93. The minimum Gasteiger partial charge on any atom is -0.493 e. The number of methoxy groups -OCH3 is 1. The zero-order valence-corrected chi connectivity index (χ0v) is 10.8. The van der Waals surface area contributed by atoms with E-state index in [1.54, 1.807) is 12.1 Å². The maximum absolute atomic E-state index is 9.08. The molecule has 1 rings (SSSR count). The molecule has 18 heavy (non-hydrogen) atoms. The molecule has 0 fully saturated rings. The van der Waals surface area contributed by atoms with E-state index in [2.05, 4.69) is 6.92 Å². The number of ether oxygens (including phenoxy) is 3. The fraction of sp³-hybridized carbons (Fsp3) is 0.500. The van der Waals surface area contributed by atoms with Crippen LogP contribution in [-0.4, -0.2) is 37.7 Å². The van der Waals surface area contributed by atoms with Gasteiger partial charge in [0, 0.05) is 0 Å². The average molecular weight is 254 g/mol. The van der Waals surface area contributed by atoms with Gasteiger partial charge in [-0.2, -0.15) is 0 Å². The average Bonchev–Trinajstić information content (AvgIpc) is 2.38. The van der Waals surface area contributed by atoms with E-state index < -0.39 is 7.12 Å². The van der Waals surface area contributed by atoms with Crippen molar-refractivity contribution in [2.45, 2.75) is 19.8 Å². The molecule has 6 heteroatoms. The van der Waals surface area contributed by atoms with Crippen LogP contribution in [0, 0.1) is 0 Å². The van der Waals surface area contributed by atoms with E-state index in [0.717, 1.165) is 12.8 Å². The molecule has 0 spiro atoms. The predicted molar refractivity (Wildman–Crippen MR) is 69.2 cm³/mol. The summed E-state index contributed by atoms with van der Waals surface area (Å²) < 4.78 is 15.8. The first kappa shape index (κ1) is 14.8. The van der Waals surface area contributed by atoms with Gasteiger partial charge in [-0.15, -0.1) is 0 Å². The Morgan fingerprint density at radius 2 is 2.00 bits per heavy atom. The summed E-state index contributed by atoms with van der Waals surface area (Å²) >= 11 is 0. The van der Waals surface area contributed by atoms with Crippen molar-refractivity contribution in [1.82, 2.24) is 0 Å². The Kier molecular flexibility index (Phi) is 6.56. The largest absolute Gasteiger partial charge is 0.493 e. The molecule has 0 bridgehead atoms. The van der Waals surface area contributed by atoms with Crippen molar-refractivity contribution in [3.63, 3.8) is 0 Å². The molecular formula is C12H19BO5. The molecule has 0 saturated heterocycles. The number of hydrogen-bond acceptors (Lipinski definition) is 5. The van der Waals surface area contributed by atoms with Crippen LogP contribution in [0.4, 0.5) is 0 Å². The van der Waals surface area contributed by atoms with Crippen LogP contribution in [0.3, 0.4) is 0 Å². The SMILES string of the molecule is CCCCOCOc1cc(B(O)O)ccc1OC. The van der Waals surface area contributed by atoms with Gasteiger partial charge in [-0.1, -0.05) is 19.4 Å². The molecular weight excluding hydrogens is 235 g/mol. The predicted octanol–water partition coefficient (Wildman–Crippen LogP) is 0.528. The Balaban J connectivity index is 2.58. The van der Waals surface area contributed by atoms with Gasteiger partial charge in [0.05, 0.1) is 13.7 Å². The van der Waals surface area contributed by atoms with Crippen LogP contribution < -0.4 is 14.9 Å². The van der Waals surface area contributed by atoms with Crippen LogP contribution in [0.25, 0.3) is 0 Å². The van der Waals surface area contributed by atoms with Crippen molar-refractivity contribution in [1.29, 1.82) is 0 Å². The van der Waals surface area contributed by atoms with E-state index in [-0.39, 0.29) is 6.79 Å². The van der Waals surface area contributed by atoms with Gasteiger partial charge in [0.2, 0.25) is 0 Å². The highest BCUT2D eigenvalue weighted by atomic mass is 16.7. The Bertz CT molecular complexity index is 356. The zero-order chi connectivity index (χ0) is 13.4. The molecule has 0 saturated carbocycles.